The second kappa shape index (κ2) is 7.65. The summed E-state index contributed by atoms with van der Waals surface area (Å²) in [5.74, 6) is -0.501. The van der Waals surface area contributed by atoms with Gasteiger partial charge in [0.15, 0.2) is 17.3 Å². The van der Waals surface area contributed by atoms with E-state index in [1.807, 2.05) is 6.92 Å². The maximum absolute atomic E-state index is 12.6. The van der Waals surface area contributed by atoms with Crippen molar-refractivity contribution in [2.24, 2.45) is 0 Å². The molecule has 1 heterocycles. The topological polar surface area (TPSA) is 102 Å². The number of ether oxygens (including phenoxy) is 1. The van der Waals surface area contributed by atoms with Crippen LogP contribution in [0.5, 0.6) is 11.5 Å². The molecule has 25 heavy (non-hydrogen) atoms. The third kappa shape index (κ3) is 4.06. The molecule has 7 nitrogen and oxygen atoms in total. The zero-order valence-corrected chi connectivity index (χ0v) is 14.4. The SMILES string of the molecule is C=C(C(=O)c1oc(NC(=O)CCC)nc1C)c1ccc(O)c(OC)c1. The van der Waals surface area contributed by atoms with Crippen molar-refractivity contribution >= 4 is 23.3 Å². The molecular formula is C18H20N2O5. The Balaban J connectivity index is 2.24. The fourth-order valence-corrected chi connectivity index (χ4v) is 2.20. The van der Waals surface area contributed by atoms with E-state index in [9.17, 15) is 14.7 Å². The van der Waals surface area contributed by atoms with Gasteiger partial charge >= 0.3 is 6.01 Å². The number of benzene rings is 1. The van der Waals surface area contributed by atoms with Crippen molar-refractivity contribution in [1.29, 1.82) is 0 Å². The summed E-state index contributed by atoms with van der Waals surface area (Å²) in [7, 11) is 1.41. The lowest BCUT2D eigenvalue weighted by atomic mass is 10.0. The van der Waals surface area contributed by atoms with Crippen LogP contribution >= 0.6 is 0 Å². The van der Waals surface area contributed by atoms with E-state index in [0.29, 0.717) is 24.1 Å². The number of nitrogens with zero attached hydrogens (tertiary/aromatic N) is 1. The van der Waals surface area contributed by atoms with E-state index >= 15 is 0 Å². The summed E-state index contributed by atoms with van der Waals surface area (Å²) in [6.45, 7) is 7.27. The van der Waals surface area contributed by atoms with Crippen LogP contribution < -0.4 is 10.1 Å². The predicted octanol–water partition coefficient (Wildman–Crippen LogP) is 3.33. The summed E-state index contributed by atoms with van der Waals surface area (Å²) in [5, 5.41) is 12.2. The highest BCUT2D eigenvalue weighted by atomic mass is 16.5. The number of phenols is 1. The summed E-state index contributed by atoms with van der Waals surface area (Å²) in [4.78, 5) is 28.3. The van der Waals surface area contributed by atoms with Crippen LogP contribution in [-0.2, 0) is 4.79 Å². The van der Waals surface area contributed by atoms with Gasteiger partial charge in [0.25, 0.3) is 0 Å². The van der Waals surface area contributed by atoms with E-state index in [1.165, 1.54) is 19.2 Å². The summed E-state index contributed by atoms with van der Waals surface area (Å²) in [5.41, 5.74) is 0.986. The number of allylic oxidation sites excluding steroid dienone is 1. The third-order valence-corrected chi connectivity index (χ3v) is 3.53. The Kier molecular flexibility index (Phi) is 5.59. The number of Topliss-reactive ketones (excluding diaryl/α,β-unsaturated/α-hetero) is 1. The molecule has 1 amide bonds. The predicted molar refractivity (Wildman–Crippen MR) is 92.8 cm³/mol. The Morgan fingerprint density at radius 1 is 1.40 bits per heavy atom. The number of carbonyl (C=O) groups excluding carboxylic acids is 2. The highest BCUT2D eigenvalue weighted by Gasteiger charge is 2.22. The summed E-state index contributed by atoms with van der Waals surface area (Å²) in [6, 6.07) is 4.45. The molecular weight excluding hydrogens is 324 g/mol. The largest absolute Gasteiger partial charge is 0.504 e. The molecule has 0 atom stereocenters. The second-order valence-electron chi connectivity index (χ2n) is 5.43. The van der Waals surface area contributed by atoms with Gasteiger partial charge < -0.3 is 14.3 Å². The number of phenolic OH excluding ortho intramolecular Hbond substituents is 1. The number of nitrogens with one attached hydrogen (secondary N) is 1. The molecule has 0 saturated carbocycles. The van der Waals surface area contributed by atoms with Crippen molar-refractivity contribution in [3.05, 3.63) is 41.8 Å². The van der Waals surface area contributed by atoms with E-state index in [1.54, 1.807) is 13.0 Å². The molecule has 0 spiro atoms. The van der Waals surface area contributed by atoms with Gasteiger partial charge in [0.1, 0.15) is 0 Å². The molecule has 132 valence electrons. The van der Waals surface area contributed by atoms with Crippen LogP contribution in [-0.4, -0.2) is 28.9 Å². The van der Waals surface area contributed by atoms with Crippen molar-refractivity contribution in [2.45, 2.75) is 26.7 Å². The molecule has 2 rings (SSSR count). The average molecular weight is 344 g/mol. The van der Waals surface area contributed by atoms with Gasteiger partial charge in [0.05, 0.1) is 12.8 Å². The van der Waals surface area contributed by atoms with E-state index < -0.39 is 5.78 Å². The molecule has 0 bridgehead atoms. The smallest absolute Gasteiger partial charge is 0.302 e. The Labute approximate surface area is 145 Å². The van der Waals surface area contributed by atoms with Gasteiger partial charge in [0, 0.05) is 12.0 Å². The molecule has 0 aliphatic rings. The van der Waals surface area contributed by atoms with Gasteiger partial charge in [-0.15, -0.1) is 0 Å². The fourth-order valence-electron chi connectivity index (χ4n) is 2.20. The first-order valence-electron chi connectivity index (χ1n) is 7.75. The number of carbonyl (C=O) groups is 2. The Morgan fingerprint density at radius 3 is 2.76 bits per heavy atom. The van der Waals surface area contributed by atoms with Crippen molar-refractivity contribution in [3.8, 4) is 11.5 Å². The van der Waals surface area contributed by atoms with Crippen molar-refractivity contribution in [3.63, 3.8) is 0 Å². The minimum absolute atomic E-state index is 0.00356. The van der Waals surface area contributed by atoms with Crippen LogP contribution in [0.15, 0.2) is 29.2 Å². The van der Waals surface area contributed by atoms with Gasteiger partial charge in [-0.25, -0.2) is 0 Å². The van der Waals surface area contributed by atoms with Crippen LogP contribution in [0, 0.1) is 6.92 Å². The lowest BCUT2D eigenvalue weighted by molar-refractivity contribution is -0.116. The van der Waals surface area contributed by atoms with Crippen molar-refractivity contribution in [1.82, 2.24) is 4.98 Å². The Hall–Kier alpha value is -3.09. The zero-order chi connectivity index (χ0) is 18.6. The number of methoxy groups -OCH3 is 1. The molecule has 0 aliphatic heterocycles. The van der Waals surface area contributed by atoms with Crippen LogP contribution in [0.4, 0.5) is 6.01 Å². The van der Waals surface area contributed by atoms with E-state index in [-0.39, 0.29) is 34.8 Å². The monoisotopic (exact) mass is 344 g/mol. The minimum atomic E-state index is -0.464. The van der Waals surface area contributed by atoms with Crippen molar-refractivity contribution in [2.75, 3.05) is 12.4 Å². The van der Waals surface area contributed by atoms with Crippen LogP contribution in [0.2, 0.25) is 0 Å². The fraction of sp³-hybridized carbons (Fsp3) is 0.278. The number of amides is 1. The van der Waals surface area contributed by atoms with Crippen molar-refractivity contribution < 1.29 is 23.8 Å². The Morgan fingerprint density at radius 2 is 2.12 bits per heavy atom. The van der Waals surface area contributed by atoms with Gasteiger partial charge in [-0.1, -0.05) is 19.6 Å². The maximum atomic E-state index is 12.6. The van der Waals surface area contributed by atoms with Gasteiger partial charge in [0.2, 0.25) is 11.7 Å². The third-order valence-electron chi connectivity index (χ3n) is 3.53. The molecule has 0 saturated heterocycles. The molecule has 2 N–H and O–H groups in total. The highest BCUT2D eigenvalue weighted by Crippen LogP contribution is 2.30. The normalized spacial score (nSPS) is 10.4. The highest BCUT2D eigenvalue weighted by molar-refractivity contribution is 6.27. The number of anilines is 1. The quantitative estimate of drug-likeness (QED) is 0.590. The molecule has 1 aromatic carbocycles. The number of rotatable bonds is 7. The average Bonchev–Trinajstić information content (AvgIpc) is 2.94. The first-order valence-corrected chi connectivity index (χ1v) is 7.75. The molecule has 0 unspecified atom stereocenters. The first-order chi connectivity index (χ1) is 11.9. The minimum Gasteiger partial charge on any atom is -0.504 e. The van der Waals surface area contributed by atoms with E-state index in [2.05, 4.69) is 16.9 Å². The Bertz CT molecular complexity index is 823. The molecule has 7 heteroatoms. The first kappa shape index (κ1) is 18.3. The standard InChI is InChI=1S/C18H20N2O5/c1-5-6-15(22)20-18-19-11(3)17(25-18)16(23)10(2)12-7-8-13(21)14(9-12)24-4/h7-9,21H,2,5-6H2,1,3-4H3,(H,19,20,22). The number of aryl methyl sites for hydroxylation is 1. The summed E-state index contributed by atoms with van der Waals surface area (Å²) < 4.78 is 10.4. The molecule has 2 aromatic rings. The van der Waals surface area contributed by atoms with Crippen LogP contribution in [0.1, 0.15) is 41.6 Å². The van der Waals surface area contributed by atoms with E-state index in [4.69, 9.17) is 9.15 Å². The molecule has 0 aliphatic carbocycles. The summed E-state index contributed by atoms with van der Waals surface area (Å²) in [6.07, 6.45) is 1.03. The van der Waals surface area contributed by atoms with Gasteiger partial charge in [-0.3, -0.25) is 14.9 Å². The number of aromatic hydroxyl groups is 1. The number of ketones is 1. The lowest BCUT2D eigenvalue weighted by Crippen LogP contribution is -2.10. The number of hydrogen-bond acceptors (Lipinski definition) is 6. The van der Waals surface area contributed by atoms with Gasteiger partial charge in [-0.05, 0) is 31.0 Å². The molecule has 0 fully saturated rings. The molecule has 0 radical (unpaired) electrons. The number of aromatic nitrogens is 1. The van der Waals surface area contributed by atoms with Gasteiger partial charge in [-0.2, -0.15) is 4.98 Å². The summed E-state index contributed by atoms with van der Waals surface area (Å²) >= 11 is 0. The maximum Gasteiger partial charge on any atom is 0.302 e. The van der Waals surface area contributed by atoms with Crippen LogP contribution in [0.25, 0.3) is 5.57 Å². The second-order valence-corrected chi connectivity index (χ2v) is 5.43. The van der Waals surface area contributed by atoms with E-state index in [0.717, 1.165) is 0 Å². The number of oxazole rings is 1. The molecule has 1 aromatic heterocycles. The lowest BCUT2D eigenvalue weighted by Gasteiger charge is -2.07. The number of hydrogen-bond donors (Lipinski definition) is 2. The zero-order valence-electron chi connectivity index (χ0n) is 14.4. The van der Waals surface area contributed by atoms with Crippen LogP contribution in [0.3, 0.4) is 0 Å².